The molecule has 6 heteroatoms. The monoisotopic (exact) mass is 330 g/mol. The normalized spacial score (nSPS) is 12.2. The number of benzene rings is 1. The summed E-state index contributed by atoms with van der Waals surface area (Å²) in [5.41, 5.74) is 2.03. The van der Waals surface area contributed by atoms with E-state index < -0.39 is 6.10 Å². The smallest absolute Gasteiger partial charge is 0.315 e. The topological polar surface area (TPSA) is 79.2 Å². The lowest BCUT2D eigenvalue weighted by molar-refractivity contribution is 0.103. The molecule has 2 rings (SSSR count). The van der Waals surface area contributed by atoms with Crippen LogP contribution < -0.4 is 10.6 Å². The molecule has 3 N–H and O–H groups in total. The molecule has 0 saturated carbocycles. The summed E-state index contributed by atoms with van der Waals surface area (Å²) in [6, 6.07) is 7.63. The van der Waals surface area contributed by atoms with E-state index in [1.165, 1.54) is 0 Å². The zero-order valence-corrected chi connectivity index (χ0v) is 14.3. The molecular formula is C18H26N4O2. The Hall–Kier alpha value is -2.34. The van der Waals surface area contributed by atoms with Crippen LogP contribution in [0.2, 0.25) is 0 Å². The zero-order chi connectivity index (χ0) is 17.4. The van der Waals surface area contributed by atoms with Gasteiger partial charge in [-0.05, 0) is 23.6 Å². The maximum absolute atomic E-state index is 11.8. The highest BCUT2D eigenvalue weighted by Gasteiger charge is 2.15. The molecule has 0 spiro atoms. The van der Waals surface area contributed by atoms with Gasteiger partial charge in [0, 0.05) is 31.2 Å². The Balaban J connectivity index is 1.75. The van der Waals surface area contributed by atoms with Crippen molar-refractivity contribution in [2.75, 3.05) is 6.54 Å². The Morgan fingerprint density at radius 2 is 1.92 bits per heavy atom. The van der Waals surface area contributed by atoms with E-state index in [1.54, 1.807) is 12.5 Å². The fraction of sp³-hybridized carbons (Fsp3) is 0.444. The standard InChI is InChI=1S/C18H26N4O2/c1-3-15(4-2)17(23)12-21-18(24)20-11-14-5-7-16(8-6-14)22-10-9-19-13-22/h5-10,13,15,17,23H,3-4,11-12H2,1-2H3,(H2,20,21,24). The highest BCUT2D eigenvalue weighted by molar-refractivity contribution is 5.73. The average molecular weight is 330 g/mol. The Bertz CT molecular complexity index is 606. The number of amides is 2. The Labute approximate surface area is 142 Å². The SMILES string of the molecule is CCC(CC)C(O)CNC(=O)NCc1ccc(-n2ccnc2)cc1. The van der Waals surface area contributed by atoms with Crippen LogP contribution in [-0.4, -0.2) is 33.3 Å². The maximum atomic E-state index is 11.8. The predicted molar refractivity (Wildman–Crippen MR) is 93.9 cm³/mol. The molecule has 0 aliphatic carbocycles. The van der Waals surface area contributed by atoms with Gasteiger partial charge < -0.3 is 20.3 Å². The minimum Gasteiger partial charge on any atom is -0.391 e. The van der Waals surface area contributed by atoms with Gasteiger partial charge in [0.25, 0.3) is 0 Å². The molecule has 0 radical (unpaired) electrons. The van der Waals surface area contributed by atoms with Crippen molar-refractivity contribution in [2.45, 2.75) is 39.3 Å². The minimum atomic E-state index is -0.500. The van der Waals surface area contributed by atoms with Crippen LogP contribution in [0.5, 0.6) is 0 Å². The summed E-state index contributed by atoms with van der Waals surface area (Å²) >= 11 is 0. The fourth-order valence-corrected chi connectivity index (χ4v) is 2.64. The summed E-state index contributed by atoms with van der Waals surface area (Å²) in [4.78, 5) is 15.8. The van der Waals surface area contributed by atoms with Crippen LogP contribution in [0.4, 0.5) is 4.79 Å². The zero-order valence-electron chi connectivity index (χ0n) is 14.3. The van der Waals surface area contributed by atoms with E-state index >= 15 is 0 Å². The largest absolute Gasteiger partial charge is 0.391 e. The van der Waals surface area contributed by atoms with Crippen molar-refractivity contribution in [1.29, 1.82) is 0 Å². The first-order valence-electron chi connectivity index (χ1n) is 8.41. The van der Waals surface area contributed by atoms with Gasteiger partial charge in [-0.1, -0.05) is 38.8 Å². The van der Waals surface area contributed by atoms with Gasteiger partial charge in [0.1, 0.15) is 0 Å². The summed E-state index contributed by atoms with van der Waals surface area (Å²) in [5, 5.41) is 15.5. The molecule has 24 heavy (non-hydrogen) atoms. The van der Waals surface area contributed by atoms with Gasteiger partial charge in [0.15, 0.2) is 0 Å². The van der Waals surface area contributed by atoms with E-state index in [4.69, 9.17) is 0 Å². The third kappa shape index (κ3) is 5.09. The molecule has 1 unspecified atom stereocenters. The lowest BCUT2D eigenvalue weighted by atomic mass is 9.97. The third-order valence-corrected chi connectivity index (χ3v) is 4.26. The number of nitrogens with one attached hydrogen (secondary N) is 2. The number of aliphatic hydroxyl groups excluding tert-OH is 1. The summed E-state index contributed by atoms with van der Waals surface area (Å²) in [5.74, 6) is 0.223. The van der Waals surface area contributed by atoms with Gasteiger partial charge in [-0.2, -0.15) is 0 Å². The number of aliphatic hydroxyl groups is 1. The molecule has 2 amide bonds. The number of imidazole rings is 1. The lowest BCUT2D eigenvalue weighted by Crippen LogP contribution is -2.41. The Kier molecular flexibility index (Phi) is 6.81. The molecule has 1 atom stereocenters. The minimum absolute atomic E-state index is 0.223. The molecule has 1 heterocycles. The van der Waals surface area contributed by atoms with E-state index in [1.807, 2.05) is 48.9 Å². The third-order valence-electron chi connectivity index (χ3n) is 4.26. The van der Waals surface area contributed by atoms with Crippen LogP contribution in [0.3, 0.4) is 0 Å². The second-order valence-corrected chi connectivity index (χ2v) is 5.84. The van der Waals surface area contributed by atoms with Crippen LogP contribution in [0, 0.1) is 5.92 Å². The second kappa shape index (κ2) is 9.08. The number of carbonyl (C=O) groups excluding carboxylic acids is 1. The number of hydrogen-bond acceptors (Lipinski definition) is 3. The van der Waals surface area contributed by atoms with E-state index in [9.17, 15) is 9.90 Å². The lowest BCUT2D eigenvalue weighted by Gasteiger charge is -2.20. The molecule has 0 bridgehead atoms. The van der Waals surface area contributed by atoms with Crippen LogP contribution in [0.25, 0.3) is 5.69 Å². The predicted octanol–water partition coefficient (Wildman–Crippen LogP) is 2.47. The molecule has 6 nitrogen and oxygen atoms in total. The molecule has 0 fully saturated rings. The van der Waals surface area contributed by atoms with E-state index in [-0.39, 0.29) is 18.5 Å². The molecule has 1 aromatic heterocycles. The molecular weight excluding hydrogens is 304 g/mol. The number of rotatable bonds is 8. The van der Waals surface area contributed by atoms with E-state index in [0.29, 0.717) is 6.54 Å². The highest BCUT2D eigenvalue weighted by Crippen LogP contribution is 2.12. The molecule has 0 saturated heterocycles. The summed E-state index contributed by atoms with van der Waals surface area (Å²) in [6.07, 6.45) is 6.67. The molecule has 0 aliphatic heterocycles. The van der Waals surface area contributed by atoms with E-state index in [0.717, 1.165) is 24.1 Å². The van der Waals surface area contributed by atoms with Crippen LogP contribution in [0.15, 0.2) is 43.0 Å². The number of nitrogens with zero attached hydrogens (tertiary/aromatic N) is 2. The summed E-state index contributed by atoms with van der Waals surface area (Å²) in [6.45, 7) is 4.81. The van der Waals surface area contributed by atoms with Crippen LogP contribution >= 0.6 is 0 Å². The fourth-order valence-electron chi connectivity index (χ4n) is 2.64. The van der Waals surface area contributed by atoms with Crippen molar-refractivity contribution in [1.82, 2.24) is 20.2 Å². The Morgan fingerprint density at radius 1 is 1.21 bits per heavy atom. The first-order valence-corrected chi connectivity index (χ1v) is 8.41. The van der Waals surface area contributed by atoms with Gasteiger partial charge in [-0.3, -0.25) is 0 Å². The van der Waals surface area contributed by atoms with Crippen molar-refractivity contribution in [3.05, 3.63) is 48.5 Å². The molecule has 2 aromatic rings. The van der Waals surface area contributed by atoms with Crippen LogP contribution in [-0.2, 0) is 6.54 Å². The van der Waals surface area contributed by atoms with Gasteiger partial charge in [-0.25, -0.2) is 9.78 Å². The number of carbonyl (C=O) groups is 1. The maximum Gasteiger partial charge on any atom is 0.315 e. The number of hydrogen-bond donors (Lipinski definition) is 3. The van der Waals surface area contributed by atoms with E-state index in [2.05, 4.69) is 15.6 Å². The van der Waals surface area contributed by atoms with Crippen molar-refractivity contribution in [3.63, 3.8) is 0 Å². The summed E-state index contributed by atoms with van der Waals surface area (Å²) < 4.78 is 1.92. The second-order valence-electron chi connectivity index (χ2n) is 5.84. The molecule has 130 valence electrons. The first-order chi connectivity index (χ1) is 11.6. The Morgan fingerprint density at radius 3 is 2.50 bits per heavy atom. The van der Waals surface area contributed by atoms with Crippen molar-refractivity contribution >= 4 is 6.03 Å². The van der Waals surface area contributed by atoms with Crippen molar-refractivity contribution < 1.29 is 9.90 Å². The summed E-state index contributed by atoms with van der Waals surface area (Å²) in [7, 11) is 0. The first kappa shape index (κ1) is 18.0. The van der Waals surface area contributed by atoms with Gasteiger partial charge >= 0.3 is 6.03 Å². The number of aromatic nitrogens is 2. The highest BCUT2D eigenvalue weighted by atomic mass is 16.3. The van der Waals surface area contributed by atoms with Crippen molar-refractivity contribution in [3.8, 4) is 5.69 Å². The molecule has 1 aromatic carbocycles. The van der Waals surface area contributed by atoms with Crippen LogP contribution in [0.1, 0.15) is 32.3 Å². The van der Waals surface area contributed by atoms with Gasteiger partial charge in [0.2, 0.25) is 0 Å². The number of urea groups is 1. The van der Waals surface area contributed by atoms with Gasteiger partial charge in [0.05, 0.1) is 12.4 Å². The quantitative estimate of drug-likeness (QED) is 0.696. The molecule has 0 aliphatic rings. The van der Waals surface area contributed by atoms with Crippen molar-refractivity contribution in [2.24, 2.45) is 5.92 Å². The van der Waals surface area contributed by atoms with Gasteiger partial charge in [-0.15, -0.1) is 0 Å². The average Bonchev–Trinajstić information content (AvgIpc) is 3.14.